The van der Waals surface area contributed by atoms with E-state index in [9.17, 15) is 4.79 Å². The Hall–Kier alpha value is -1.39. The van der Waals surface area contributed by atoms with Gasteiger partial charge >= 0.3 is 5.97 Å². The van der Waals surface area contributed by atoms with Crippen LogP contribution in [-0.4, -0.2) is 36.6 Å². The van der Waals surface area contributed by atoms with E-state index in [0.29, 0.717) is 19.2 Å². The molecule has 2 atom stereocenters. The number of nitrogens with two attached hydrogens (primary N) is 1. The monoisotopic (exact) mass is 292 g/mol. The van der Waals surface area contributed by atoms with Gasteiger partial charge in [-0.05, 0) is 32.4 Å². The van der Waals surface area contributed by atoms with Gasteiger partial charge < -0.3 is 10.5 Å². The topological polar surface area (TPSA) is 55.6 Å². The average molecular weight is 292 g/mol. The predicted molar refractivity (Wildman–Crippen MR) is 85.9 cm³/mol. The minimum Gasteiger partial charge on any atom is -0.464 e. The minimum absolute atomic E-state index is 0.333. The molecule has 0 amide bonds. The van der Waals surface area contributed by atoms with Gasteiger partial charge in [0, 0.05) is 12.6 Å². The van der Waals surface area contributed by atoms with E-state index in [2.05, 4.69) is 25.7 Å². The molecule has 0 saturated carbocycles. The summed E-state index contributed by atoms with van der Waals surface area (Å²) >= 11 is 0. The zero-order valence-corrected chi connectivity index (χ0v) is 13.6. The molecule has 0 aliphatic rings. The summed E-state index contributed by atoms with van der Waals surface area (Å²) in [5, 5.41) is 0. The van der Waals surface area contributed by atoms with Crippen LogP contribution in [0.2, 0.25) is 0 Å². The van der Waals surface area contributed by atoms with E-state index in [0.717, 1.165) is 18.5 Å². The Balaban J connectivity index is 3.10. The van der Waals surface area contributed by atoms with Gasteiger partial charge in [-0.15, -0.1) is 0 Å². The van der Waals surface area contributed by atoms with Gasteiger partial charge in [-0.2, -0.15) is 0 Å². The average Bonchev–Trinajstić information content (AvgIpc) is 2.52. The summed E-state index contributed by atoms with van der Waals surface area (Å²) in [6, 6.07) is 9.87. The van der Waals surface area contributed by atoms with Crippen LogP contribution in [0.5, 0.6) is 0 Å². The van der Waals surface area contributed by atoms with Crippen LogP contribution in [0.25, 0.3) is 0 Å². The first kappa shape index (κ1) is 17.7. The van der Waals surface area contributed by atoms with Crippen molar-refractivity contribution in [3.05, 3.63) is 35.9 Å². The van der Waals surface area contributed by atoms with Gasteiger partial charge in [-0.1, -0.05) is 44.2 Å². The Labute approximate surface area is 128 Å². The molecular formula is C17H28N2O2. The molecule has 1 aromatic carbocycles. The van der Waals surface area contributed by atoms with Crippen molar-refractivity contribution >= 4 is 5.97 Å². The molecule has 0 spiro atoms. The lowest BCUT2D eigenvalue weighted by molar-refractivity contribution is -0.151. The van der Waals surface area contributed by atoms with Gasteiger partial charge in [0.1, 0.15) is 0 Å². The number of benzene rings is 1. The predicted octanol–water partition coefficient (Wildman–Crippen LogP) is 2.52. The fourth-order valence-corrected chi connectivity index (χ4v) is 2.43. The SMILES string of the molecule is CCOC(=O)C(N)(CN(CC)C(C)CC)c1ccccc1. The van der Waals surface area contributed by atoms with Gasteiger partial charge in [0.25, 0.3) is 0 Å². The molecule has 0 fully saturated rings. The van der Waals surface area contributed by atoms with Crippen molar-refractivity contribution in [2.75, 3.05) is 19.7 Å². The third kappa shape index (κ3) is 4.29. The van der Waals surface area contributed by atoms with Crippen molar-refractivity contribution in [3.8, 4) is 0 Å². The summed E-state index contributed by atoms with van der Waals surface area (Å²) in [5.74, 6) is -0.363. The molecule has 2 N–H and O–H groups in total. The molecule has 0 aliphatic carbocycles. The molecule has 118 valence electrons. The van der Waals surface area contributed by atoms with E-state index in [1.54, 1.807) is 6.92 Å². The minimum atomic E-state index is -1.13. The number of likely N-dealkylation sites (N-methyl/N-ethyl adjacent to an activating group) is 1. The zero-order chi connectivity index (χ0) is 15.9. The molecule has 0 heterocycles. The summed E-state index contributed by atoms with van der Waals surface area (Å²) < 4.78 is 5.23. The molecule has 4 heteroatoms. The number of carbonyl (C=O) groups excluding carboxylic acids is 1. The Morgan fingerprint density at radius 1 is 1.29 bits per heavy atom. The largest absolute Gasteiger partial charge is 0.464 e. The van der Waals surface area contributed by atoms with Crippen LogP contribution in [0, 0.1) is 0 Å². The Bertz CT molecular complexity index is 436. The fourth-order valence-electron chi connectivity index (χ4n) is 2.43. The molecule has 1 rings (SSSR count). The number of ether oxygens (including phenoxy) is 1. The number of nitrogens with zero attached hydrogens (tertiary/aromatic N) is 1. The van der Waals surface area contributed by atoms with Crippen LogP contribution >= 0.6 is 0 Å². The highest BCUT2D eigenvalue weighted by atomic mass is 16.5. The second-order valence-electron chi connectivity index (χ2n) is 5.38. The van der Waals surface area contributed by atoms with E-state index in [1.807, 2.05) is 30.3 Å². The number of carbonyl (C=O) groups is 1. The van der Waals surface area contributed by atoms with Gasteiger partial charge in [-0.3, -0.25) is 4.90 Å². The smallest absolute Gasteiger partial charge is 0.332 e. The molecule has 0 saturated heterocycles. The van der Waals surface area contributed by atoms with Crippen LogP contribution in [-0.2, 0) is 15.1 Å². The zero-order valence-electron chi connectivity index (χ0n) is 13.6. The fraction of sp³-hybridized carbons (Fsp3) is 0.588. The van der Waals surface area contributed by atoms with E-state index in [-0.39, 0.29) is 5.97 Å². The number of rotatable bonds is 8. The molecular weight excluding hydrogens is 264 g/mol. The van der Waals surface area contributed by atoms with Crippen LogP contribution in [0.3, 0.4) is 0 Å². The first-order valence-electron chi connectivity index (χ1n) is 7.75. The van der Waals surface area contributed by atoms with Gasteiger partial charge in [0.2, 0.25) is 0 Å². The van der Waals surface area contributed by atoms with Crippen LogP contribution < -0.4 is 5.73 Å². The Morgan fingerprint density at radius 2 is 1.90 bits per heavy atom. The molecule has 0 bridgehead atoms. The standard InChI is InChI=1S/C17H28N2O2/c1-5-14(4)19(6-2)13-17(18,16(20)21-7-3)15-11-9-8-10-12-15/h8-12,14H,5-7,13,18H2,1-4H3. The van der Waals surface area contributed by atoms with Crippen molar-refractivity contribution in [1.29, 1.82) is 0 Å². The molecule has 21 heavy (non-hydrogen) atoms. The Kier molecular flexibility index (Phi) is 6.85. The number of hydrogen-bond donors (Lipinski definition) is 1. The number of hydrogen-bond acceptors (Lipinski definition) is 4. The third-order valence-corrected chi connectivity index (χ3v) is 4.00. The summed E-state index contributed by atoms with van der Waals surface area (Å²) in [6.45, 7) is 9.82. The first-order chi connectivity index (χ1) is 9.99. The normalized spacial score (nSPS) is 15.5. The molecule has 4 nitrogen and oxygen atoms in total. The highest BCUT2D eigenvalue weighted by Crippen LogP contribution is 2.23. The van der Waals surface area contributed by atoms with Crippen molar-refractivity contribution in [1.82, 2.24) is 4.90 Å². The van der Waals surface area contributed by atoms with Gasteiger partial charge in [-0.25, -0.2) is 4.79 Å². The van der Waals surface area contributed by atoms with E-state index in [4.69, 9.17) is 10.5 Å². The maximum Gasteiger partial charge on any atom is 0.332 e. The second-order valence-corrected chi connectivity index (χ2v) is 5.38. The van der Waals surface area contributed by atoms with Crippen LogP contribution in [0.4, 0.5) is 0 Å². The molecule has 0 radical (unpaired) electrons. The Morgan fingerprint density at radius 3 is 2.38 bits per heavy atom. The van der Waals surface area contributed by atoms with Crippen molar-refractivity contribution in [2.45, 2.75) is 45.7 Å². The lowest BCUT2D eigenvalue weighted by atomic mass is 9.89. The second kappa shape index (κ2) is 8.15. The molecule has 0 aliphatic heterocycles. The van der Waals surface area contributed by atoms with Gasteiger partial charge in [0.15, 0.2) is 5.54 Å². The van der Waals surface area contributed by atoms with Crippen molar-refractivity contribution < 1.29 is 9.53 Å². The van der Waals surface area contributed by atoms with Crippen molar-refractivity contribution in [2.24, 2.45) is 5.73 Å². The summed E-state index contributed by atoms with van der Waals surface area (Å²) in [7, 11) is 0. The van der Waals surface area contributed by atoms with E-state index in [1.165, 1.54) is 0 Å². The van der Waals surface area contributed by atoms with Gasteiger partial charge in [0.05, 0.1) is 6.61 Å². The summed E-state index contributed by atoms with van der Waals surface area (Å²) in [4.78, 5) is 14.7. The lowest BCUT2D eigenvalue weighted by Gasteiger charge is -2.36. The van der Waals surface area contributed by atoms with E-state index >= 15 is 0 Å². The van der Waals surface area contributed by atoms with Crippen LogP contribution in [0.15, 0.2) is 30.3 Å². The van der Waals surface area contributed by atoms with E-state index < -0.39 is 5.54 Å². The van der Waals surface area contributed by atoms with Crippen LogP contribution in [0.1, 0.15) is 39.7 Å². The maximum absolute atomic E-state index is 12.5. The third-order valence-electron chi connectivity index (χ3n) is 4.00. The highest BCUT2D eigenvalue weighted by molar-refractivity contribution is 5.82. The quantitative estimate of drug-likeness (QED) is 0.748. The lowest BCUT2D eigenvalue weighted by Crippen LogP contribution is -2.55. The highest BCUT2D eigenvalue weighted by Gasteiger charge is 2.39. The van der Waals surface area contributed by atoms with Crippen molar-refractivity contribution in [3.63, 3.8) is 0 Å². The summed E-state index contributed by atoms with van der Waals surface area (Å²) in [5.41, 5.74) is 6.17. The summed E-state index contributed by atoms with van der Waals surface area (Å²) in [6.07, 6.45) is 1.02. The molecule has 2 unspecified atom stereocenters. The molecule has 0 aromatic heterocycles. The molecule has 1 aromatic rings. The number of esters is 1. The maximum atomic E-state index is 12.5. The first-order valence-corrected chi connectivity index (χ1v) is 7.75.